The SMILES string of the molecule is C[Si](C)(C)OC1=C(O[Si](C)(C)C)C(C(C(N)=O)c2ccc(Cl)nc2F)C1. The molecule has 1 amide bonds. The number of nitrogens with two attached hydrogens (primary N) is 1. The molecule has 1 aliphatic rings. The number of hydrogen-bond donors (Lipinski definition) is 1. The first-order valence-electron chi connectivity index (χ1n) is 8.51. The summed E-state index contributed by atoms with van der Waals surface area (Å²) in [4.78, 5) is 15.8. The van der Waals surface area contributed by atoms with E-state index in [9.17, 15) is 9.18 Å². The van der Waals surface area contributed by atoms with Gasteiger partial charge in [0.05, 0.1) is 5.92 Å². The lowest BCUT2D eigenvalue weighted by atomic mass is 9.75. The Labute approximate surface area is 161 Å². The Kier molecular flexibility index (Phi) is 5.89. The lowest BCUT2D eigenvalue weighted by Gasteiger charge is -2.41. The van der Waals surface area contributed by atoms with Crippen LogP contribution < -0.4 is 5.73 Å². The van der Waals surface area contributed by atoms with Crippen LogP contribution in [-0.4, -0.2) is 27.5 Å². The molecular formula is C17H26ClFN2O3Si2. The molecule has 0 aliphatic heterocycles. The van der Waals surface area contributed by atoms with Gasteiger partial charge in [-0.25, -0.2) is 4.98 Å². The Morgan fingerprint density at radius 1 is 1.23 bits per heavy atom. The van der Waals surface area contributed by atoms with Gasteiger partial charge in [0.1, 0.15) is 16.7 Å². The maximum absolute atomic E-state index is 14.3. The first-order valence-corrected chi connectivity index (χ1v) is 15.7. The summed E-state index contributed by atoms with van der Waals surface area (Å²) in [7, 11) is -3.80. The standard InChI is InChI=1S/C17H26ClFN2O3Si2/c1-25(2,3)23-12-9-11(15(12)24-26(4,5)6)14(17(20)22)10-7-8-13(18)21-16(10)19/h7-8,11,14H,9H2,1-6H3,(H2,20,22). The Balaban J connectivity index is 2.43. The Bertz CT molecular complexity index is 745. The molecule has 1 aromatic heterocycles. The van der Waals surface area contributed by atoms with Gasteiger partial charge in [0.2, 0.25) is 28.5 Å². The van der Waals surface area contributed by atoms with Crippen LogP contribution in [0.15, 0.2) is 23.7 Å². The van der Waals surface area contributed by atoms with E-state index in [1.807, 2.05) is 19.6 Å². The Morgan fingerprint density at radius 3 is 2.27 bits per heavy atom. The number of nitrogens with zero attached hydrogens (tertiary/aromatic N) is 1. The van der Waals surface area contributed by atoms with E-state index >= 15 is 0 Å². The lowest BCUT2D eigenvalue weighted by Crippen LogP contribution is -2.41. The average molecular weight is 417 g/mol. The second kappa shape index (κ2) is 7.32. The second-order valence-corrected chi connectivity index (χ2v) is 17.7. The molecule has 1 aromatic rings. The topological polar surface area (TPSA) is 74.4 Å². The van der Waals surface area contributed by atoms with Gasteiger partial charge in [-0.15, -0.1) is 0 Å². The molecule has 2 N–H and O–H groups in total. The minimum absolute atomic E-state index is 0.0277. The quantitative estimate of drug-likeness (QED) is 0.528. The van der Waals surface area contributed by atoms with Crippen molar-refractivity contribution in [2.45, 2.75) is 51.6 Å². The predicted octanol–water partition coefficient (Wildman–Crippen LogP) is 4.38. The summed E-state index contributed by atoms with van der Waals surface area (Å²) in [5, 5.41) is 0.0277. The van der Waals surface area contributed by atoms with Crippen molar-refractivity contribution < 1.29 is 18.0 Å². The fourth-order valence-electron chi connectivity index (χ4n) is 2.89. The number of allylic oxidation sites excluding steroid dienone is 2. The van der Waals surface area contributed by atoms with Gasteiger partial charge in [0, 0.05) is 17.9 Å². The number of amides is 1. The van der Waals surface area contributed by atoms with Crippen LogP contribution in [0.3, 0.4) is 0 Å². The fourth-order valence-corrected chi connectivity index (χ4v) is 4.87. The maximum atomic E-state index is 14.3. The number of carbonyl (C=O) groups excluding carboxylic acids is 1. The molecule has 9 heteroatoms. The van der Waals surface area contributed by atoms with Gasteiger partial charge in [-0.2, -0.15) is 4.39 Å². The lowest BCUT2D eigenvalue weighted by molar-refractivity contribution is -0.121. The fraction of sp³-hybridized carbons (Fsp3) is 0.529. The molecule has 0 fully saturated rings. The molecule has 1 aliphatic carbocycles. The van der Waals surface area contributed by atoms with Gasteiger partial charge in [-0.1, -0.05) is 17.7 Å². The first-order chi connectivity index (χ1) is 11.8. The molecule has 2 atom stereocenters. The number of primary amides is 1. The van der Waals surface area contributed by atoms with Crippen LogP contribution in [0.25, 0.3) is 0 Å². The van der Waals surface area contributed by atoms with Crippen molar-refractivity contribution >= 4 is 34.1 Å². The van der Waals surface area contributed by atoms with Crippen molar-refractivity contribution in [3.8, 4) is 0 Å². The van der Waals surface area contributed by atoms with Crippen LogP contribution in [-0.2, 0) is 13.6 Å². The summed E-state index contributed by atoms with van der Waals surface area (Å²) in [6, 6.07) is 2.92. The molecule has 0 radical (unpaired) electrons. The van der Waals surface area contributed by atoms with Crippen LogP contribution >= 0.6 is 11.6 Å². The van der Waals surface area contributed by atoms with Crippen LogP contribution in [0, 0.1) is 11.9 Å². The molecule has 0 aromatic carbocycles. The van der Waals surface area contributed by atoms with Crippen molar-refractivity contribution in [1.82, 2.24) is 4.98 Å². The van der Waals surface area contributed by atoms with Crippen molar-refractivity contribution in [2.24, 2.45) is 11.7 Å². The highest BCUT2D eigenvalue weighted by atomic mass is 35.5. The summed E-state index contributed by atoms with van der Waals surface area (Å²) in [5.41, 5.74) is 5.75. The third kappa shape index (κ3) is 5.08. The third-order valence-electron chi connectivity index (χ3n) is 3.75. The molecule has 2 unspecified atom stereocenters. The van der Waals surface area contributed by atoms with Crippen molar-refractivity contribution in [3.05, 3.63) is 40.3 Å². The number of carbonyl (C=O) groups is 1. The van der Waals surface area contributed by atoms with E-state index in [4.69, 9.17) is 26.2 Å². The van der Waals surface area contributed by atoms with Crippen molar-refractivity contribution in [3.63, 3.8) is 0 Å². The third-order valence-corrected chi connectivity index (χ3v) is 5.65. The largest absolute Gasteiger partial charge is 0.545 e. The molecule has 144 valence electrons. The molecule has 2 rings (SSSR count). The summed E-state index contributed by atoms with van der Waals surface area (Å²) in [6.45, 7) is 12.4. The monoisotopic (exact) mass is 416 g/mol. The number of pyridine rings is 1. The molecule has 5 nitrogen and oxygen atoms in total. The zero-order valence-corrected chi connectivity index (χ0v) is 18.8. The molecule has 0 bridgehead atoms. The predicted molar refractivity (Wildman–Crippen MR) is 105 cm³/mol. The van der Waals surface area contributed by atoms with Crippen LogP contribution in [0.2, 0.25) is 44.4 Å². The van der Waals surface area contributed by atoms with Gasteiger partial charge < -0.3 is 14.6 Å². The minimum atomic E-state index is -1.96. The van der Waals surface area contributed by atoms with Gasteiger partial charge in [-0.3, -0.25) is 4.79 Å². The zero-order chi connectivity index (χ0) is 19.9. The molecular weight excluding hydrogens is 391 g/mol. The van der Waals surface area contributed by atoms with E-state index in [-0.39, 0.29) is 16.6 Å². The number of aromatic nitrogens is 1. The van der Waals surface area contributed by atoms with E-state index in [0.717, 1.165) is 5.76 Å². The number of rotatable bonds is 7. The van der Waals surface area contributed by atoms with Crippen molar-refractivity contribution in [1.29, 1.82) is 0 Å². The molecule has 1 heterocycles. The van der Waals surface area contributed by atoms with E-state index in [0.29, 0.717) is 12.2 Å². The van der Waals surface area contributed by atoms with E-state index in [1.54, 1.807) is 0 Å². The van der Waals surface area contributed by atoms with Crippen LogP contribution in [0.5, 0.6) is 0 Å². The van der Waals surface area contributed by atoms with Crippen molar-refractivity contribution in [2.75, 3.05) is 0 Å². The average Bonchev–Trinajstić information content (AvgIpc) is 2.43. The summed E-state index contributed by atoms with van der Waals surface area (Å²) in [5.74, 6) is -1.26. The summed E-state index contributed by atoms with van der Waals surface area (Å²) < 4.78 is 26.6. The van der Waals surface area contributed by atoms with E-state index in [1.165, 1.54) is 12.1 Å². The van der Waals surface area contributed by atoms with Gasteiger partial charge in [0.25, 0.3) is 0 Å². The van der Waals surface area contributed by atoms with E-state index < -0.39 is 34.4 Å². The first kappa shape index (κ1) is 20.9. The Morgan fingerprint density at radius 2 is 1.81 bits per heavy atom. The highest BCUT2D eigenvalue weighted by Crippen LogP contribution is 2.47. The number of hydrogen-bond acceptors (Lipinski definition) is 4. The van der Waals surface area contributed by atoms with Crippen LogP contribution in [0.4, 0.5) is 4.39 Å². The zero-order valence-electron chi connectivity index (χ0n) is 16.0. The number of halogens is 2. The molecule has 0 saturated carbocycles. The van der Waals surface area contributed by atoms with Crippen LogP contribution in [0.1, 0.15) is 17.9 Å². The normalized spacial score (nSPS) is 19.0. The highest BCUT2D eigenvalue weighted by Gasteiger charge is 2.45. The highest BCUT2D eigenvalue weighted by molar-refractivity contribution is 6.70. The second-order valence-electron chi connectivity index (χ2n) is 8.42. The molecule has 26 heavy (non-hydrogen) atoms. The Hall–Kier alpha value is -1.39. The molecule has 0 spiro atoms. The summed E-state index contributed by atoms with van der Waals surface area (Å²) in [6.07, 6.45) is 0.486. The van der Waals surface area contributed by atoms with E-state index in [2.05, 4.69) is 24.6 Å². The smallest absolute Gasteiger partial charge is 0.241 e. The van der Waals surface area contributed by atoms with Gasteiger partial charge >= 0.3 is 0 Å². The van der Waals surface area contributed by atoms with Gasteiger partial charge in [-0.05, 0) is 45.3 Å². The maximum Gasteiger partial charge on any atom is 0.241 e. The van der Waals surface area contributed by atoms with Gasteiger partial charge in [0.15, 0.2) is 0 Å². The molecule has 0 saturated heterocycles. The summed E-state index contributed by atoms with van der Waals surface area (Å²) >= 11 is 5.73. The minimum Gasteiger partial charge on any atom is -0.545 e.